The maximum absolute atomic E-state index is 11.6. The third kappa shape index (κ3) is 4.20. The minimum absolute atomic E-state index is 0.0308. The molecule has 1 N–H and O–H groups in total. The van der Waals surface area contributed by atoms with Crippen LogP contribution in [0.2, 0.25) is 10.0 Å². The van der Waals surface area contributed by atoms with Crippen LogP contribution in [0.5, 0.6) is 0 Å². The molecule has 0 aliphatic carbocycles. The number of aromatic nitrogens is 1. The van der Waals surface area contributed by atoms with E-state index in [0.29, 0.717) is 21.6 Å². The summed E-state index contributed by atoms with van der Waals surface area (Å²) in [5.41, 5.74) is 1.02. The molecule has 1 aromatic carbocycles. The summed E-state index contributed by atoms with van der Waals surface area (Å²) in [5.74, 6) is -0.0919. The van der Waals surface area contributed by atoms with Crippen LogP contribution in [0.25, 0.3) is 0 Å². The predicted octanol–water partition coefficient (Wildman–Crippen LogP) is 4.64. The number of carbonyl (C=O) groups is 1. The number of nitrogens with zero attached hydrogens (tertiary/aromatic N) is 1. The Kier molecular flexibility index (Phi) is 5.02. The van der Waals surface area contributed by atoms with Crippen molar-refractivity contribution in [3.8, 4) is 0 Å². The summed E-state index contributed by atoms with van der Waals surface area (Å²) in [7, 11) is 0. The maximum Gasteiger partial charge on any atom is 0.228 e. The molecule has 0 saturated carbocycles. The first-order valence-electron chi connectivity index (χ1n) is 6.14. The average molecular weight is 329 g/mol. The molecule has 1 amide bonds. The molecule has 6 heteroatoms. The number of nitrogens with one attached hydrogen (secondary N) is 1. The summed E-state index contributed by atoms with van der Waals surface area (Å²) < 4.78 is 0. The number of anilines is 1. The van der Waals surface area contributed by atoms with Crippen LogP contribution in [0.4, 0.5) is 5.13 Å². The van der Waals surface area contributed by atoms with Crippen LogP contribution in [-0.2, 0) is 11.2 Å². The number of hydrogen-bond donors (Lipinski definition) is 1. The summed E-state index contributed by atoms with van der Waals surface area (Å²) in [6.07, 6.45) is 2.45. The molecule has 2 aromatic rings. The van der Waals surface area contributed by atoms with E-state index in [1.165, 1.54) is 11.3 Å². The Morgan fingerprint density at radius 2 is 1.95 bits per heavy atom. The maximum atomic E-state index is 11.6. The smallest absolute Gasteiger partial charge is 0.228 e. The van der Waals surface area contributed by atoms with E-state index in [9.17, 15) is 4.79 Å². The van der Waals surface area contributed by atoms with Gasteiger partial charge in [0.2, 0.25) is 5.91 Å². The SMILES string of the molecule is CC(C)C(=O)Nc1ncc(Cc2cc(Cl)cc(Cl)c2)s1. The number of amides is 1. The van der Waals surface area contributed by atoms with Gasteiger partial charge in [0, 0.05) is 33.5 Å². The fourth-order valence-electron chi connectivity index (χ4n) is 1.61. The van der Waals surface area contributed by atoms with Crippen molar-refractivity contribution >= 4 is 45.6 Å². The summed E-state index contributed by atoms with van der Waals surface area (Å²) in [4.78, 5) is 16.8. The Bertz CT molecular complexity index is 605. The van der Waals surface area contributed by atoms with Crippen molar-refractivity contribution in [1.82, 2.24) is 4.98 Å². The predicted molar refractivity (Wildman–Crippen MR) is 84.8 cm³/mol. The molecule has 0 atom stereocenters. The molecule has 0 bridgehead atoms. The van der Waals surface area contributed by atoms with Crippen LogP contribution < -0.4 is 5.32 Å². The number of thiazole rings is 1. The van der Waals surface area contributed by atoms with E-state index >= 15 is 0 Å². The standard InChI is InChI=1S/C14H14Cl2N2OS/c1-8(2)13(19)18-14-17-7-12(20-14)5-9-3-10(15)6-11(16)4-9/h3-4,6-8H,5H2,1-2H3,(H,17,18,19). The number of halogens is 2. The zero-order chi connectivity index (χ0) is 14.7. The molecule has 0 aliphatic rings. The van der Waals surface area contributed by atoms with Crippen LogP contribution in [-0.4, -0.2) is 10.9 Å². The molecule has 3 nitrogen and oxygen atoms in total. The first-order valence-corrected chi connectivity index (χ1v) is 7.72. The van der Waals surface area contributed by atoms with E-state index < -0.39 is 0 Å². The normalized spacial score (nSPS) is 10.8. The van der Waals surface area contributed by atoms with Gasteiger partial charge in [-0.25, -0.2) is 4.98 Å². The lowest BCUT2D eigenvalue weighted by molar-refractivity contribution is -0.118. The minimum Gasteiger partial charge on any atom is -0.302 e. The highest BCUT2D eigenvalue weighted by Gasteiger charge is 2.10. The van der Waals surface area contributed by atoms with E-state index in [1.807, 2.05) is 26.0 Å². The molecule has 1 heterocycles. The quantitative estimate of drug-likeness (QED) is 0.888. The number of benzene rings is 1. The summed E-state index contributed by atoms with van der Waals surface area (Å²) in [6, 6.07) is 5.45. The van der Waals surface area contributed by atoms with Gasteiger partial charge >= 0.3 is 0 Å². The van der Waals surface area contributed by atoms with Crippen molar-refractivity contribution in [3.63, 3.8) is 0 Å². The van der Waals surface area contributed by atoms with Gasteiger partial charge in [0.15, 0.2) is 5.13 Å². The summed E-state index contributed by atoms with van der Waals surface area (Å²) in [5, 5.41) is 4.64. The lowest BCUT2D eigenvalue weighted by Crippen LogP contribution is -2.17. The second-order valence-corrected chi connectivity index (χ2v) is 6.72. The summed E-state index contributed by atoms with van der Waals surface area (Å²) in [6.45, 7) is 3.69. The molecule has 106 valence electrons. The van der Waals surface area contributed by atoms with Crippen molar-refractivity contribution in [2.45, 2.75) is 20.3 Å². The largest absolute Gasteiger partial charge is 0.302 e. The molecular weight excluding hydrogens is 315 g/mol. The van der Waals surface area contributed by atoms with E-state index in [2.05, 4.69) is 10.3 Å². The van der Waals surface area contributed by atoms with Gasteiger partial charge in [-0.15, -0.1) is 11.3 Å². The van der Waals surface area contributed by atoms with E-state index in [0.717, 1.165) is 10.4 Å². The van der Waals surface area contributed by atoms with E-state index in [4.69, 9.17) is 23.2 Å². The van der Waals surface area contributed by atoms with Gasteiger partial charge in [-0.1, -0.05) is 37.0 Å². The second kappa shape index (κ2) is 6.57. The Morgan fingerprint density at radius 3 is 2.55 bits per heavy atom. The van der Waals surface area contributed by atoms with Crippen molar-refractivity contribution < 1.29 is 4.79 Å². The highest BCUT2D eigenvalue weighted by Crippen LogP contribution is 2.25. The molecule has 2 rings (SSSR count). The summed E-state index contributed by atoms with van der Waals surface area (Å²) >= 11 is 13.4. The Hall–Kier alpha value is -1.10. The number of hydrogen-bond acceptors (Lipinski definition) is 3. The van der Waals surface area contributed by atoms with Crippen LogP contribution in [0.15, 0.2) is 24.4 Å². The van der Waals surface area contributed by atoms with Crippen molar-refractivity contribution in [1.29, 1.82) is 0 Å². The first-order chi connectivity index (χ1) is 9.44. The third-order valence-electron chi connectivity index (χ3n) is 2.61. The van der Waals surface area contributed by atoms with Gasteiger partial charge in [0.05, 0.1) is 0 Å². The molecule has 0 unspecified atom stereocenters. The van der Waals surface area contributed by atoms with Crippen LogP contribution in [0.3, 0.4) is 0 Å². The average Bonchev–Trinajstić information content (AvgIpc) is 2.74. The van der Waals surface area contributed by atoms with Gasteiger partial charge in [-0.2, -0.15) is 0 Å². The third-order valence-corrected chi connectivity index (χ3v) is 3.96. The molecule has 0 saturated heterocycles. The lowest BCUT2D eigenvalue weighted by atomic mass is 10.1. The minimum atomic E-state index is -0.0610. The zero-order valence-corrected chi connectivity index (χ0v) is 13.4. The van der Waals surface area contributed by atoms with E-state index in [1.54, 1.807) is 12.3 Å². The van der Waals surface area contributed by atoms with Crippen molar-refractivity contribution in [2.75, 3.05) is 5.32 Å². The molecule has 20 heavy (non-hydrogen) atoms. The molecular formula is C14H14Cl2N2OS. The fourth-order valence-corrected chi connectivity index (χ4v) is 3.03. The number of carbonyl (C=O) groups excluding carboxylic acids is 1. The second-order valence-electron chi connectivity index (χ2n) is 4.73. The van der Waals surface area contributed by atoms with Crippen LogP contribution in [0.1, 0.15) is 24.3 Å². The van der Waals surface area contributed by atoms with Gasteiger partial charge in [-0.05, 0) is 23.8 Å². The highest BCUT2D eigenvalue weighted by atomic mass is 35.5. The first kappa shape index (κ1) is 15.3. The fraction of sp³-hybridized carbons (Fsp3) is 0.286. The monoisotopic (exact) mass is 328 g/mol. The van der Waals surface area contributed by atoms with E-state index in [-0.39, 0.29) is 11.8 Å². The van der Waals surface area contributed by atoms with Gasteiger partial charge in [-0.3, -0.25) is 4.79 Å². The number of rotatable bonds is 4. The van der Waals surface area contributed by atoms with Crippen LogP contribution >= 0.6 is 34.5 Å². The lowest BCUT2D eigenvalue weighted by Gasteiger charge is -2.03. The molecule has 0 spiro atoms. The topological polar surface area (TPSA) is 42.0 Å². The van der Waals surface area contributed by atoms with Gasteiger partial charge in [0.1, 0.15) is 0 Å². The van der Waals surface area contributed by atoms with Crippen molar-refractivity contribution in [3.05, 3.63) is 44.9 Å². The molecule has 0 fully saturated rings. The van der Waals surface area contributed by atoms with Gasteiger partial charge in [0.25, 0.3) is 0 Å². The molecule has 1 aromatic heterocycles. The van der Waals surface area contributed by atoms with Crippen molar-refractivity contribution in [2.24, 2.45) is 5.92 Å². The molecule has 0 radical (unpaired) electrons. The Balaban J connectivity index is 2.07. The zero-order valence-electron chi connectivity index (χ0n) is 11.1. The Morgan fingerprint density at radius 1 is 1.30 bits per heavy atom. The van der Waals surface area contributed by atoms with Crippen LogP contribution in [0, 0.1) is 5.92 Å². The molecule has 0 aliphatic heterocycles. The van der Waals surface area contributed by atoms with Gasteiger partial charge < -0.3 is 5.32 Å². The highest BCUT2D eigenvalue weighted by molar-refractivity contribution is 7.15. The Labute approximate surface area is 131 Å².